The highest BCUT2D eigenvalue weighted by Gasteiger charge is 2.16. The van der Waals surface area contributed by atoms with Gasteiger partial charge >= 0.3 is 0 Å². The molecular weight excluding hydrogens is 348 g/mol. The molecule has 0 saturated heterocycles. The first-order valence-corrected chi connectivity index (χ1v) is 9.02. The van der Waals surface area contributed by atoms with Crippen molar-refractivity contribution >= 4 is 17.5 Å². The first-order valence-electron chi connectivity index (χ1n) is 8.64. The molecule has 0 radical (unpaired) electrons. The fourth-order valence-electron chi connectivity index (χ4n) is 2.58. The molecule has 1 aromatic heterocycles. The van der Waals surface area contributed by atoms with E-state index in [1.54, 1.807) is 24.4 Å². The van der Waals surface area contributed by atoms with Crippen molar-refractivity contribution in [2.24, 2.45) is 5.92 Å². The summed E-state index contributed by atoms with van der Waals surface area (Å²) in [6.45, 7) is 4.91. The quantitative estimate of drug-likeness (QED) is 0.630. The number of amides is 1. The van der Waals surface area contributed by atoms with E-state index in [0.717, 1.165) is 12.0 Å². The molecule has 26 heavy (non-hydrogen) atoms. The summed E-state index contributed by atoms with van der Waals surface area (Å²) in [4.78, 5) is 16.9. The summed E-state index contributed by atoms with van der Waals surface area (Å²) in [7, 11) is 0. The number of nitrogens with one attached hydrogen (secondary N) is 1. The molecular formula is C21H21ClN2O2. The third-order valence-corrected chi connectivity index (χ3v) is 4.30. The van der Waals surface area contributed by atoms with Gasteiger partial charge in [0.15, 0.2) is 5.76 Å². The van der Waals surface area contributed by atoms with Gasteiger partial charge in [0.2, 0.25) is 5.89 Å². The average molecular weight is 369 g/mol. The zero-order chi connectivity index (χ0) is 18.5. The van der Waals surface area contributed by atoms with E-state index in [9.17, 15) is 4.79 Å². The van der Waals surface area contributed by atoms with E-state index < -0.39 is 0 Å². The van der Waals surface area contributed by atoms with Gasteiger partial charge in [0.05, 0.1) is 11.8 Å². The topological polar surface area (TPSA) is 55.1 Å². The number of aromatic nitrogens is 1. The van der Waals surface area contributed by atoms with Gasteiger partial charge in [0.1, 0.15) is 0 Å². The third kappa shape index (κ3) is 4.33. The standard InChI is InChI=1S/C21H21ClN2O2/c1-14(2)11-12-23-20(25)17-5-3-4-6-18(17)21-24-13-19(26-21)15-7-9-16(22)10-8-15/h3-10,13-14H,11-12H2,1-2H3,(H,23,25). The predicted molar refractivity (Wildman–Crippen MR) is 104 cm³/mol. The summed E-state index contributed by atoms with van der Waals surface area (Å²) >= 11 is 5.93. The van der Waals surface area contributed by atoms with Crippen LogP contribution in [0.5, 0.6) is 0 Å². The van der Waals surface area contributed by atoms with Gasteiger partial charge < -0.3 is 9.73 Å². The maximum absolute atomic E-state index is 12.5. The Morgan fingerprint density at radius 1 is 1.15 bits per heavy atom. The molecule has 0 aliphatic heterocycles. The third-order valence-electron chi connectivity index (χ3n) is 4.04. The van der Waals surface area contributed by atoms with Crippen LogP contribution in [0.25, 0.3) is 22.8 Å². The molecule has 0 atom stereocenters. The normalized spacial score (nSPS) is 10.9. The Morgan fingerprint density at radius 2 is 1.88 bits per heavy atom. The van der Waals surface area contributed by atoms with Crippen molar-refractivity contribution in [3.63, 3.8) is 0 Å². The maximum Gasteiger partial charge on any atom is 0.252 e. The van der Waals surface area contributed by atoms with Gasteiger partial charge in [-0.2, -0.15) is 0 Å². The van der Waals surface area contributed by atoms with Crippen LogP contribution in [0.2, 0.25) is 5.02 Å². The molecule has 0 bridgehead atoms. The second kappa shape index (κ2) is 8.19. The van der Waals surface area contributed by atoms with Gasteiger partial charge in [-0.1, -0.05) is 37.6 Å². The summed E-state index contributed by atoms with van der Waals surface area (Å²) in [6.07, 6.45) is 2.60. The van der Waals surface area contributed by atoms with Gasteiger partial charge in [-0.05, 0) is 48.7 Å². The van der Waals surface area contributed by atoms with Crippen LogP contribution < -0.4 is 5.32 Å². The van der Waals surface area contributed by atoms with Crippen LogP contribution in [0.3, 0.4) is 0 Å². The zero-order valence-electron chi connectivity index (χ0n) is 14.8. The van der Waals surface area contributed by atoms with E-state index in [2.05, 4.69) is 24.1 Å². The molecule has 4 nitrogen and oxygen atoms in total. The van der Waals surface area contributed by atoms with E-state index >= 15 is 0 Å². The van der Waals surface area contributed by atoms with Gasteiger partial charge in [-0.25, -0.2) is 4.98 Å². The molecule has 3 rings (SSSR count). The molecule has 0 spiro atoms. The number of hydrogen-bond donors (Lipinski definition) is 1. The summed E-state index contributed by atoms with van der Waals surface area (Å²) < 4.78 is 5.89. The Bertz CT molecular complexity index is 885. The molecule has 3 aromatic rings. The number of oxazole rings is 1. The number of benzene rings is 2. The SMILES string of the molecule is CC(C)CCNC(=O)c1ccccc1-c1ncc(-c2ccc(Cl)cc2)o1. The lowest BCUT2D eigenvalue weighted by Gasteiger charge is -2.09. The van der Waals surface area contributed by atoms with Crippen molar-refractivity contribution in [3.05, 3.63) is 65.3 Å². The Hall–Kier alpha value is -2.59. The van der Waals surface area contributed by atoms with Crippen LogP contribution in [-0.4, -0.2) is 17.4 Å². The highest BCUT2D eigenvalue weighted by Crippen LogP contribution is 2.28. The first kappa shape index (κ1) is 18.2. The van der Waals surface area contributed by atoms with Crippen LogP contribution in [0, 0.1) is 5.92 Å². The molecule has 0 aliphatic rings. The number of nitrogens with zero attached hydrogens (tertiary/aromatic N) is 1. The maximum atomic E-state index is 12.5. The van der Waals surface area contributed by atoms with E-state index in [0.29, 0.717) is 40.3 Å². The Labute approximate surface area is 158 Å². The molecule has 1 N–H and O–H groups in total. The average Bonchev–Trinajstić information content (AvgIpc) is 3.12. The lowest BCUT2D eigenvalue weighted by molar-refractivity contribution is 0.0952. The number of halogens is 1. The van der Waals surface area contributed by atoms with Gasteiger partial charge in [0.25, 0.3) is 5.91 Å². The second-order valence-electron chi connectivity index (χ2n) is 6.52. The first-order chi connectivity index (χ1) is 12.5. The van der Waals surface area contributed by atoms with Crippen LogP contribution in [0.4, 0.5) is 0 Å². The number of carbonyl (C=O) groups is 1. The molecule has 0 fully saturated rings. The molecule has 0 unspecified atom stereocenters. The van der Waals surface area contributed by atoms with Gasteiger partial charge in [0, 0.05) is 22.7 Å². The fourth-order valence-corrected chi connectivity index (χ4v) is 2.71. The minimum Gasteiger partial charge on any atom is -0.436 e. The van der Waals surface area contributed by atoms with Crippen molar-refractivity contribution in [3.8, 4) is 22.8 Å². The highest BCUT2D eigenvalue weighted by molar-refractivity contribution is 6.30. The van der Waals surface area contributed by atoms with Crippen molar-refractivity contribution in [2.75, 3.05) is 6.54 Å². The molecule has 1 amide bonds. The summed E-state index contributed by atoms with van der Waals surface area (Å²) in [5.41, 5.74) is 2.11. The van der Waals surface area contributed by atoms with Crippen LogP contribution in [0.15, 0.2) is 59.1 Å². The molecule has 0 saturated carbocycles. The Balaban J connectivity index is 1.84. The zero-order valence-corrected chi connectivity index (χ0v) is 15.6. The molecule has 1 heterocycles. The van der Waals surface area contributed by atoms with E-state index in [4.69, 9.17) is 16.0 Å². The monoisotopic (exact) mass is 368 g/mol. The minimum atomic E-state index is -0.118. The summed E-state index contributed by atoms with van der Waals surface area (Å²) in [6, 6.07) is 14.7. The lowest BCUT2D eigenvalue weighted by atomic mass is 10.1. The van der Waals surface area contributed by atoms with Crippen LogP contribution in [-0.2, 0) is 0 Å². The molecule has 5 heteroatoms. The van der Waals surface area contributed by atoms with Crippen LogP contribution in [0.1, 0.15) is 30.6 Å². The van der Waals surface area contributed by atoms with Crippen molar-refractivity contribution < 1.29 is 9.21 Å². The fraction of sp³-hybridized carbons (Fsp3) is 0.238. The van der Waals surface area contributed by atoms with E-state index in [1.807, 2.05) is 30.3 Å². The van der Waals surface area contributed by atoms with Gasteiger partial charge in [-0.3, -0.25) is 4.79 Å². The lowest BCUT2D eigenvalue weighted by Crippen LogP contribution is -2.25. The highest BCUT2D eigenvalue weighted by atomic mass is 35.5. The Morgan fingerprint density at radius 3 is 2.62 bits per heavy atom. The van der Waals surface area contributed by atoms with Gasteiger partial charge in [-0.15, -0.1) is 0 Å². The second-order valence-corrected chi connectivity index (χ2v) is 6.96. The number of hydrogen-bond acceptors (Lipinski definition) is 3. The molecule has 134 valence electrons. The minimum absolute atomic E-state index is 0.118. The summed E-state index contributed by atoms with van der Waals surface area (Å²) in [5, 5.41) is 3.63. The van der Waals surface area contributed by atoms with Crippen molar-refractivity contribution in [2.45, 2.75) is 20.3 Å². The Kier molecular flexibility index (Phi) is 5.74. The van der Waals surface area contributed by atoms with Crippen LogP contribution >= 0.6 is 11.6 Å². The van der Waals surface area contributed by atoms with Crippen molar-refractivity contribution in [1.82, 2.24) is 10.3 Å². The smallest absolute Gasteiger partial charge is 0.252 e. The number of rotatable bonds is 6. The molecule has 0 aliphatic carbocycles. The molecule has 2 aromatic carbocycles. The number of carbonyl (C=O) groups excluding carboxylic acids is 1. The predicted octanol–water partition coefficient (Wildman–Crippen LogP) is 5.44. The van der Waals surface area contributed by atoms with E-state index in [-0.39, 0.29) is 5.91 Å². The largest absolute Gasteiger partial charge is 0.436 e. The van der Waals surface area contributed by atoms with E-state index in [1.165, 1.54) is 0 Å². The van der Waals surface area contributed by atoms with Crippen molar-refractivity contribution in [1.29, 1.82) is 0 Å². The summed E-state index contributed by atoms with van der Waals surface area (Å²) in [5.74, 6) is 1.47.